The molecular weight excluding hydrogens is 327 g/mol. The smallest absolute Gasteiger partial charge is 0.0906 e. The quantitative estimate of drug-likeness (QED) is 0.753. The third-order valence-corrected chi connectivity index (χ3v) is 5.10. The van der Waals surface area contributed by atoms with Crippen LogP contribution >= 0.6 is 0 Å². The fourth-order valence-electron chi connectivity index (χ4n) is 3.73. The Morgan fingerprint density at radius 3 is 2.81 bits per heavy atom. The molecule has 0 spiro atoms. The number of hydrogen-bond acceptors (Lipinski definition) is 4. The van der Waals surface area contributed by atoms with Crippen molar-refractivity contribution < 1.29 is 4.39 Å². The second-order valence-corrected chi connectivity index (χ2v) is 7.22. The van der Waals surface area contributed by atoms with E-state index in [1.54, 1.807) is 0 Å². The molecule has 2 aromatic rings. The van der Waals surface area contributed by atoms with Crippen LogP contribution in [-0.2, 0) is 6.54 Å². The second kappa shape index (κ2) is 9.08. The summed E-state index contributed by atoms with van der Waals surface area (Å²) in [5.74, 6) is 0. The number of halogens is 1. The average molecular weight is 356 g/mol. The summed E-state index contributed by atoms with van der Waals surface area (Å²) < 4.78 is 12.8. The molecule has 0 aliphatic carbocycles. The molecular formula is C21H29FN4. The van der Waals surface area contributed by atoms with Gasteiger partial charge in [-0.15, -0.1) is 0 Å². The summed E-state index contributed by atoms with van der Waals surface area (Å²) in [5.41, 5.74) is 4.51. The van der Waals surface area contributed by atoms with E-state index >= 15 is 0 Å². The average Bonchev–Trinajstić information content (AvgIpc) is 2.66. The first-order valence-corrected chi connectivity index (χ1v) is 9.55. The van der Waals surface area contributed by atoms with E-state index in [4.69, 9.17) is 0 Å². The normalized spacial score (nSPS) is 17.7. The van der Waals surface area contributed by atoms with Crippen molar-refractivity contribution in [1.29, 1.82) is 0 Å². The number of hydrogen-bond donors (Lipinski definition) is 0. The second-order valence-electron chi connectivity index (χ2n) is 7.22. The Hall–Kier alpha value is -2.01. The van der Waals surface area contributed by atoms with E-state index in [9.17, 15) is 4.39 Å². The molecule has 0 N–H and O–H groups in total. The van der Waals surface area contributed by atoms with Crippen molar-refractivity contribution in [3.05, 3.63) is 53.6 Å². The molecule has 0 radical (unpaired) electrons. The van der Waals surface area contributed by atoms with Crippen molar-refractivity contribution in [1.82, 2.24) is 14.9 Å². The van der Waals surface area contributed by atoms with Crippen molar-refractivity contribution in [2.45, 2.75) is 45.7 Å². The minimum absolute atomic E-state index is 0.260. The number of aryl methyl sites for hydroxylation is 2. The number of aromatic nitrogens is 2. The third kappa shape index (κ3) is 5.01. The molecule has 1 aliphatic rings. The lowest BCUT2D eigenvalue weighted by atomic mass is 10.0. The van der Waals surface area contributed by atoms with Gasteiger partial charge in [0.25, 0.3) is 0 Å². The number of nitrogens with zero attached hydrogens (tertiary/aromatic N) is 4. The molecule has 1 saturated heterocycles. The van der Waals surface area contributed by atoms with E-state index in [0.29, 0.717) is 12.5 Å². The minimum atomic E-state index is -0.260. The van der Waals surface area contributed by atoms with Crippen LogP contribution in [0.15, 0.2) is 36.7 Å². The zero-order chi connectivity index (χ0) is 18.4. The van der Waals surface area contributed by atoms with Gasteiger partial charge < -0.3 is 4.90 Å². The molecule has 3 rings (SSSR count). The summed E-state index contributed by atoms with van der Waals surface area (Å²) in [6.07, 6.45) is 6.73. The van der Waals surface area contributed by atoms with Gasteiger partial charge in [0.2, 0.25) is 0 Å². The fourth-order valence-corrected chi connectivity index (χ4v) is 3.73. The van der Waals surface area contributed by atoms with E-state index in [-0.39, 0.29) is 6.67 Å². The molecule has 1 fully saturated rings. The largest absolute Gasteiger partial charge is 0.369 e. The topological polar surface area (TPSA) is 32.3 Å². The van der Waals surface area contributed by atoms with Crippen LogP contribution in [0.3, 0.4) is 0 Å². The van der Waals surface area contributed by atoms with Gasteiger partial charge in [0.1, 0.15) is 0 Å². The molecule has 1 atom stereocenters. The number of rotatable bonds is 7. The molecule has 26 heavy (non-hydrogen) atoms. The van der Waals surface area contributed by atoms with Crippen LogP contribution in [0.4, 0.5) is 10.1 Å². The summed E-state index contributed by atoms with van der Waals surface area (Å²) in [7, 11) is 0. The van der Waals surface area contributed by atoms with Crippen LogP contribution < -0.4 is 4.90 Å². The zero-order valence-electron chi connectivity index (χ0n) is 15.9. The van der Waals surface area contributed by atoms with Gasteiger partial charge in [0.15, 0.2) is 0 Å². The highest BCUT2D eigenvalue weighted by atomic mass is 19.1. The predicted molar refractivity (Wildman–Crippen MR) is 104 cm³/mol. The molecule has 0 unspecified atom stereocenters. The first-order chi connectivity index (χ1) is 12.7. The van der Waals surface area contributed by atoms with Crippen molar-refractivity contribution in [3.8, 4) is 0 Å². The highest BCUT2D eigenvalue weighted by Crippen LogP contribution is 2.23. The van der Waals surface area contributed by atoms with Crippen molar-refractivity contribution in [3.63, 3.8) is 0 Å². The maximum absolute atomic E-state index is 12.8. The van der Waals surface area contributed by atoms with Crippen molar-refractivity contribution >= 4 is 5.69 Å². The van der Waals surface area contributed by atoms with Crippen molar-refractivity contribution in [2.75, 3.05) is 31.2 Å². The van der Waals surface area contributed by atoms with E-state index in [1.807, 2.05) is 26.2 Å². The number of piperidine rings is 1. The molecule has 0 aromatic carbocycles. The van der Waals surface area contributed by atoms with Gasteiger partial charge in [-0.2, -0.15) is 0 Å². The van der Waals surface area contributed by atoms with Crippen LogP contribution in [0.5, 0.6) is 0 Å². The molecule has 1 aliphatic heterocycles. The van der Waals surface area contributed by atoms with Gasteiger partial charge in [-0.1, -0.05) is 0 Å². The van der Waals surface area contributed by atoms with Crippen molar-refractivity contribution in [2.24, 2.45) is 0 Å². The lowest BCUT2D eigenvalue weighted by Crippen LogP contribution is -2.48. The van der Waals surface area contributed by atoms with E-state index in [1.165, 1.54) is 11.3 Å². The van der Waals surface area contributed by atoms with Gasteiger partial charge in [-0.05, 0) is 62.9 Å². The van der Waals surface area contributed by atoms with Crippen LogP contribution in [0.1, 0.15) is 36.2 Å². The highest BCUT2D eigenvalue weighted by molar-refractivity contribution is 5.45. The molecule has 0 saturated carbocycles. The lowest BCUT2D eigenvalue weighted by Gasteiger charge is -2.40. The first-order valence-electron chi connectivity index (χ1n) is 9.55. The Morgan fingerprint density at radius 2 is 2.08 bits per heavy atom. The lowest BCUT2D eigenvalue weighted by molar-refractivity contribution is 0.160. The van der Waals surface area contributed by atoms with Crippen LogP contribution in [0.25, 0.3) is 0 Å². The minimum Gasteiger partial charge on any atom is -0.369 e. The Bertz CT molecular complexity index is 689. The standard InChI is InChI=1S/C21H29FN4/c1-17-6-7-20(14-24-17)26-11-3-5-21(16-26)25(12-4-9-22)15-19-8-10-23-18(2)13-19/h6-8,10,13-14,21H,3-5,9,11-12,15-16H2,1-2H3/t21-/m0/s1. The summed E-state index contributed by atoms with van der Waals surface area (Å²) >= 11 is 0. The first kappa shape index (κ1) is 18.8. The van der Waals surface area contributed by atoms with Gasteiger partial charge in [0, 0.05) is 49.8 Å². The van der Waals surface area contributed by atoms with E-state index in [0.717, 1.165) is 50.4 Å². The monoisotopic (exact) mass is 356 g/mol. The molecule has 3 heterocycles. The van der Waals surface area contributed by atoms with Gasteiger partial charge >= 0.3 is 0 Å². The molecule has 4 nitrogen and oxygen atoms in total. The summed E-state index contributed by atoms with van der Waals surface area (Å²) in [6.45, 7) is 7.45. The van der Waals surface area contributed by atoms with Crippen LogP contribution in [0.2, 0.25) is 0 Å². The van der Waals surface area contributed by atoms with Crippen LogP contribution in [-0.4, -0.2) is 47.2 Å². The number of anilines is 1. The summed E-state index contributed by atoms with van der Waals surface area (Å²) in [6, 6.07) is 8.86. The third-order valence-electron chi connectivity index (χ3n) is 5.10. The Labute approximate surface area is 156 Å². The molecule has 5 heteroatoms. The maximum Gasteiger partial charge on any atom is 0.0906 e. The number of pyridine rings is 2. The van der Waals surface area contributed by atoms with Gasteiger partial charge in [-0.3, -0.25) is 19.3 Å². The fraction of sp³-hybridized carbons (Fsp3) is 0.524. The van der Waals surface area contributed by atoms with Gasteiger partial charge in [0.05, 0.1) is 18.6 Å². The molecule has 0 bridgehead atoms. The maximum atomic E-state index is 12.8. The SMILES string of the molecule is Cc1ccc(N2CCC[C@H](N(CCCF)Cc3ccnc(C)c3)C2)cn1. The van der Waals surface area contributed by atoms with Crippen LogP contribution in [0, 0.1) is 13.8 Å². The Kier molecular flexibility index (Phi) is 6.56. The molecule has 140 valence electrons. The summed E-state index contributed by atoms with van der Waals surface area (Å²) in [4.78, 5) is 13.6. The van der Waals surface area contributed by atoms with E-state index in [2.05, 4.69) is 44.0 Å². The predicted octanol–water partition coefficient (Wildman–Crippen LogP) is 3.92. The van der Waals surface area contributed by atoms with Gasteiger partial charge in [-0.25, -0.2) is 0 Å². The van der Waals surface area contributed by atoms with E-state index < -0.39 is 0 Å². The Balaban J connectivity index is 1.71. The Morgan fingerprint density at radius 1 is 1.19 bits per heavy atom. The summed E-state index contributed by atoms with van der Waals surface area (Å²) in [5, 5.41) is 0. The highest BCUT2D eigenvalue weighted by Gasteiger charge is 2.25. The molecule has 2 aromatic heterocycles. The number of alkyl halides is 1. The molecule has 0 amide bonds. The zero-order valence-corrected chi connectivity index (χ0v) is 15.9.